The van der Waals surface area contributed by atoms with Crippen molar-refractivity contribution < 1.29 is 4.52 Å². The van der Waals surface area contributed by atoms with Gasteiger partial charge < -0.3 is 9.51 Å². The Hall–Kier alpha value is -2.10. The minimum atomic E-state index is 0.565. The minimum Gasteiger partial charge on any atom is -0.361 e. The summed E-state index contributed by atoms with van der Waals surface area (Å²) in [6.45, 7) is 1.81. The van der Waals surface area contributed by atoms with Crippen LogP contribution in [0.4, 0.5) is 0 Å². The number of aryl methyl sites for hydroxylation is 1. The molecular weight excluding hydrogens is 190 g/mol. The summed E-state index contributed by atoms with van der Waals surface area (Å²) in [5.74, 6) is 1.22. The SMILES string of the molecule is Cc1noc(-c2ccc3[nH]ccc3c2)n1. The van der Waals surface area contributed by atoms with Crippen LogP contribution in [0.25, 0.3) is 22.4 Å². The number of fused-ring (bicyclic) bond motifs is 1. The van der Waals surface area contributed by atoms with Crippen molar-refractivity contribution >= 4 is 10.9 Å². The first-order valence-electron chi connectivity index (χ1n) is 4.71. The van der Waals surface area contributed by atoms with E-state index < -0.39 is 0 Å². The van der Waals surface area contributed by atoms with Gasteiger partial charge in [0.15, 0.2) is 5.82 Å². The lowest BCUT2D eigenvalue weighted by Gasteiger charge is -1.94. The van der Waals surface area contributed by atoms with E-state index in [0.717, 1.165) is 16.5 Å². The first-order valence-corrected chi connectivity index (χ1v) is 4.71. The Balaban J connectivity index is 2.18. The van der Waals surface area contributed by atoms with Gasteiger partial charge in [0.25, 0.3) is 5.89 Å². The molecule has 15 heavy (non-hydrogen) atoms. The Labute approximate surface area is 85.9 Å². The molecule has 0 saturated carbocycles. The van der Waals surface area contributed by atoms with E-state index in [1.807, 2.05) is 37.4 Å². The Morgan fingerprint density at radius 2 is 2.20 bits per heavy atom. The van der Waals surface area contributed by atoms with Crippen LogP contribution in [0.3, 0.4) is 0 Å². The van der Waals surface area contributed by atoms with Gasteiger partial charge in [-0.1, -0.05) is 5.16 Å². The summed E-state index contributed by atoms with van der Waals surface area (Å²) >= 11 is 0. The lowest BCUT2D eigenvalue weighted by molar-refractivity contribution is 0.425. The van der Waals surface area contributed by atoms with Crippen LogP contribution in [0.2, 0.25) is 0 Å². The molecule has 0 fully saturated rings. The quantitative estimate of drug-likeness (QED) is 0.655. The fraction of sp³-hybridized carbons (Fsp3) is 0.0909. The van der Waals surface area contributed by atoms with Gasteiger partial charge in [-0.05, 0) is 31.2 Å². The molecule has 0 bridgehead atoms. The van der Waals surface area contributed by atoms with Crippen molar-refractivity contribution in [1.82, 2.24) is 15.1 Å². The molecule has 0 amide bonds. The highest BCUT2D eigenvalue weighted by molar-refractivity contribution is 5.83. The maximum Gasteiger partial charge on any atom is 0.257 e. The summed E-state index contributed by atoms with van der Waals surface area (Å²) in [6, 6.07) is 8.01. The molecule has 4 nitrogen and oxygen atoms in total. The van der Waals surface area contributed by atoms with Gasteiger partial charge >= 0.3 is 0 Å². The summed E-state index contributed by atoms with van der Waals surface area (Å²) < 4.78 is 5.10. The predicted octanol–water partition coefficient (Wildman–Crippen LogP) is 2.53. The van der Waals surface area contributed by atoms with E-state index in [2.05, 4.69) is 15.1 Å². The van der Waals surface area contributed by atoms with Gasteiger partial charge in [-0.15, -0.1) is 0 Å². The summed E-state index contributed by atoms with van der Waals surface area (Å²) in [7, 11) is 0. The van der Waals surface area contributed by atoms with Gasteiger partial charge in [-0.2, -0.15) is 4.98 Å². The molecule has 4 heteroatoms. The number of nitrogens with zero attached hydrogens (tertiary/aromatic N) is 2. The molecule has 0 aliphatic heterocycles. The van der Waals surface area contributed by atoms with Crippen molar-refractivity contribution in [3.63, 3.8) is 0 Å². The monoisotopic (exact) mass is 199 g/mol. The molecule has 0 aliphatic carbocycles. The van der Waals surface area contributed by atoms with E-state index in [-0.39, 0.29) is 0 Å². The zero-order chi connectivity index (χ0) is 10.3. The van der Waals surface area contributed by atoms with Crippen LogP contribution in [-0.4, -0.2) is 15.1 Å². The van der Waals surface area contributed by atoms with E-state index in [9.17, 15) is 0 Å². The van der Waals surface area contributed by atoms with Gasteiger partial charge in [0.2, 0.25) is 0 Å². The Morgan fingerprint density at radius 1 is 1.27 bits per heavy atom. The van der Waals surface area contributed by atoms with Crippen LogP contribution < -0.4 is 0 Å². The van der Waals surface area contributed by atoms with E-state index in [1.54, 1.807) is 0 Å². The second-order valence-corrected chi connectivity index (χ2v) is 3.43. The van der Waals surface area contributed by atoms with Crippen LogP contribution in [0.15, 0.2) is 35.0 Å². The van der Waals surface area contributed by atoms with Crippen LogP contribution >= 0.6 is 0 Å². The predicted molar refractivity (Wildman–Crippen MR) is 56.3 cm³/mol. The summed E-state index contributed by atoms with van der Waals surface area (Å²) in [5.41, 5.74) is 2.05. The molecule has 0 saturated heterocycles. The molecule has 3 rings (SSSR count). The number of hydrogen-bond acceptors (Lipinski definition) is 3. The fourth-order valence-corrected chi connectivity index (χ4v) is 1.60. The number of nitrogens with one attached hydrogen (secondary N) is 1. The van der Waals surface area contributed by atoms with Crippen molar-refractivity contribution in [3.8, 4) is 11.5 Å². The first-order chi connectivity index (χ1) is 7.33. The highest BCUT2D eigenvalue weighted by Crippen LogP contribution is 2.22. The molecule has 0 spiro atoms. The van der Waals surface area contributed by atoms with E-state index in [4.69, 9.17) is 4.52 Å². The smallest absolute Gasteiger partial charge is 0.257 e. The molecule has 2 aromatic heterocycles. The zero-order valence-electron chi connectivity index (χ0n) is 8.19. The first kappa shape index (κ1) is 8.23. The molecule has 0 radical (unpaired) electrons. The van der Waals surface area contributed by atoms with Crippen LogP contribution in [0, 0.1) is 6.92 Å². The minimum absolute atomic E-state index is 0.565. The molecule has 74 valence electrons. The Morgan fingerprint density at radius 3 is 3.00 bits per heavy atom. The van der Waals surface area contributed by atoms with Crippen LogP contribution in [0.5, 0.6) is 0 Å². The number of hydrogen-bond donors (Lipinski definition) is 1. The molecule has 2 heterocycles. The lowest BCUT2D eigenvalue weighted by Crippen LogP contribution is -1.78. The second kappa shape index (κ2) is 2.95. The lowest BCUT2D eigenvalue weighted by atomic mass is 10.1. The van der Waals surface area contributed by atoms with Gasteiger partial charge in [0.05, 0.1) is 0 Å². The second-order valence-electron chi connectivity index (χ2n) is 3.43. The summed E-state index contributed by atoms with van der Waals surface area (Å²) in [6.07, 6.45) is 1.91. The van der Waals surface area contributed by atoms with Crippen molar-refractivity contribution in [2.45, 2.75) is 6.92 Å². The Kier molecular flexibility index (Phi) is 1.62. The third-order valence-electron chi connectivity index (χ3n) is 2.33. The van der Waals surface area contributed by atoms with Gasteiger partial charge in [-0.3, -0.25) is 0 Å². The Bertz CT molecular complexity index is 609. The highest BCUT2D eigenvalue weighted by Gasteiger charge is 2.06. The van der Waals surface area contributed by atoms with Gasteiger partial charge in [0, 0.05) is 22.7 Å². The number of aromatic amines is 1. The van der Waals surface area contributed by atoms with Crippen molar-refractivity contribution in [2.75, 3.05) is 0 Å². The average molecular weight is 199 g/mol. The summed E-state index contributed by atoms with van der Waals surface area (Å²) in [5, 5.41) is 4.91. The molecule has 1 aromatic carbocycles. The maximum atomic E-state index is 5.10. The molecule has 0 atom stereocenters. The van der Waals surface area contributed by atoms with Gasteiger partial charge in [0.1, 0.15) is 0 Å². The topological polar surface area (TPSA) is 54.7 Å². The van der Waals surface area contributed by atoms with E-state index >= 15 is 0 Å². The van der Waals surface area contributed by atoms with E-state index in [0.29, 0.717) is 11.7 Å². The molecule has 3 aromatic rings. The van der Waals surface area contributed by atoms with Crippen LogP contribution in [0.1, 0.15) is 5.82 Å². The molecule has 0 aliphatic rings. The standard InChI is InChI=1S/C11H9N3O/c1-7-13-11(15-14-7)9-2-3-10-8(6-9)4-5-12-10/h2-6,12H,1H3. The van der Waals surface area contributed by atoms with Crippen molar-refractivity contribution in [3.05, 3.63) is 36.3 Å². The fourth-order valence-electron chi connectivity index (χ4n) is 1.60. The number of aromatic nitrogens is 3. The van der Waals surface area contributed by atoms with Crippen molar-refractivity contribution in [2.24, 2.45) is 0 Å². The highest BCUT2D eigenvalue weighted by atomic mass is 16.5. The maximum absolute atomic E-state index is 5.10. The molecule has 1 N–H and O–H groups in total. The van der Waals surface area contributed by atoms with Crippen LogP contribution in [-0.2, 0) is 0 Å². The third kappa shape index (κ3) is 1.30. The zero-order valence-corrected chi connectivity index (χ0v) is 8.19. The molecular formula is C11H9N3O. The van der Waals surface area contributed by atoms with Gasteiger partial charge in [-0.25, -0.2) is 0 Å². The number of rotatable bonds is 1. The number of H-pyrrole nitrogens is 1. The largest absolute Gasteiger partial charge is 0.361 e. The van der Waals surface area contributed by atoms with E-state index in [1.165, 1.54) is 0 Å². The molecule has 0 unspecified atom stereocenters. The van der Waals surface area contributed by atoms with Crippen molar-refractivity contribution in [1.29, 1.82) is 0 Å². The third-order valence-corrected chi connectivity index (χ3v) is 2.33. The normalized spacial score (nSPS) is 11.0. The average Bonchev–Trinajstić information content (AvgIpc) is 2.84. The summed E-state index contributed by atoms with van der Waals surface area (Å²) in [4.78, 5) is 7.32. The number of benzene rings is 1.